The van der Waals surface area contributed by atoms with Gasteiger partial charge in [-0.25, -0.2) is 4.79 Å². The quantitative estimate of drug-likeness (QED) is 0.554. The van der Waals surface area contributed by atoms with E-state index in [0.717, 1.165) is 12.2 Å². The van der Waals surface area contributed by atoms with E-state index >= 15 is 0 Å². The summed E-state index contributed by atoms with van der Waals surface area (Å²) in [6.45, 7) is 7.50. The minimum atomic E-state index is -0.213. The second kappa shape index (κ2) is 8.20. The molecule has 1 aromatic carbocycles. The van der Waals surface area contributed by atoms with Gasteiger partial charge in [-0.2, -0.15) is 0 Å². The van der Waals surface area contributed by atoms with Gasteiger partial charge in [0.15, 0.2) is 0 Å². The van der Waals surface area contributed by atoms with Gasteiger partial charge in [-0.3, -0.25) is 0 Å². The highest BCUT2D eigenvalue weighted by atomic mass is 16.5. The van der Waals surface area contributed by atoms with Crippen LogP contribution in [0.5, 0.6) is 5.75 Å². The van der Waals surface area contributed by atoms with Crippen LogP contribution in [0.4, 0.5) is 4.79 Å². The van der Waals surface area contributed by atoms with Gasteiger partial charge in [-0.1, -0.05) is 45.1 Å². The van der Waals surface area contributed by atoms with Crippen molar-refractivity contribution < 1.29 is 14.6 Å². The SMILES string of the molecule is CC(C)(C)c1ccc(OCCNC(=O)N[C@@H]2C=C[C@H](CO)C2)cc1. The third kappa shape index (κ3) is 5.57. The molecule has 0 spiro atoms. The molecular weight excluding hydrogens is 304 g/mol. The summed E-state index contributed by atoms with van der Waals surface area (Å²) in [4.78, 5) is 11.8. The number of benzene rings is 1. The Balaban J connectivity index is 1.64. The fourth-order valence-corrected chi connectivity index (χ4v) is 2.62. The molecule has 0 saturated carbocycles. The van der Waals surface area contributed by atoms with Crippen LogP contribution in [0.15, 0.2) is 36.4 Å². The molecule has 3 N–H and O–H groups in total. The van der Waals surface area contributed by atoms with E-state index in [0.29, 0.717) is 13.2 Å². The zero-order valence-electron chi connectivity index (χ0n) is 14.7. The van der Waals surface area contributed by atoms with Gasteiger partial charge in [0.05, 0.1) is 6.54 Å². The van der Waals surface area contributed by atoms with Gasteiger partial charge in [0.25, 0.3) is 0 Å². The summed E-state index contributed by atoms with van der Waals surface area (Å²) in [6.07, 6.45) is 4.61. The van der Waals surface area contributed by atoms with Gasteiger partial charge in [0.1, 0.15) is 12.4 Å². The number of ether oxygens (including phenoxy) is 1. The highest BCUT2D eigenvalue weighted by Crippen LogP contribution is 2.24. The predicted molar refractivity (Wildman–Crippen MR) is 95.3 cm³/mol. The summed E-state index contributed by atoms with van der Waals surface area (Å²) in [6, 6.07) is 7.83. The van der Waals surface area contributed by atoms with Crippen LogP contribution in [0.2, 0.25) is 0 Å². The standard InChI is InChI=1S/C19H28N2O3/c1-19(2,3)15-5-8-17(9-6-15)24-11-10-20-18(23)21-16-7-4-14(12-16)13-22/h4-9,14,16,22H,10-13H2,1-3H3,(H2,20,21,23)/t14-,16+/m0/s1. The number of carbonyl (C=O) groups is 1. The zero-order chi connectivity index (χ0) is 17.6. The van der Waals surface area contributed by atoms with Crippen LogP contribution >= 0.6 is 0 Å². The van der Waals surface area contributed by atoms with E-state index in [1.54, 1.807) is 0 Å². The lowest BCUT2D eigenvalue weighted by Crippen LogP contribution is -2.42. The second-order valence-electron chi connectivity index (χ2n) is 7.19. The van der Waals surface area contributed by atoms with Gasteiger partial charge < -0.3 is 20.5 Å². The molecule has 0 aromatic heterocycles. The number of amides is 2. The Morgan fingerprint density at radius 3 is 2.54 bits per heavy atom. The summed E-state index contributed by atoms with van der Waals surface area (Å²) in [5.41, 5.74) is 1.39. The molecule has 1 aliphatic rings. The number of nitrogens with one attached hydrogen (secondary N) is 2. The molecule has 2 amide bonds. The van der Waals surface area contributed by atoms with Crippen LogP contribution in [0, 0.1) is 5.92 Å². The van der Waals surface area contributed by atoms with Crippen LogP contribution in [0.3, 0.4) is 0 Å². The summed E-state index contributed by atoms with van der Waals surface area (Å²) >= 11 is 0. The monoisotopic (exact) mass is 332 g/mol. The average molecular weight is 332 g/mol. The smallest absolute Gasteiger partial charge is 0.315 e. The van der Waals surface area contributed by atoms with E-state index in [9.17, 15) is 4.79 Å². The third-order valence-electron chi connectivity index (χ3n) is 4.10. The number of hydrogen-bond acceptors (Lipinski definition) is 3. The molecule has 0 saturated heterocycles. The van der Waals surface area contributed by atoms with E-state index in [-0.39, 0.29) is 30.0 Å². The Labute approximate surface area is 144 Å². The summed E-state index contributed by atoms with van der Waals surface area (Å²) in [7, 11) is 0. The molecule has 0 fully saturated rings. The molecular formula is C19H28N2O3. The van der Waals surface area contributed by atoms with E-state index in [4.69, 9.17) is 9.84 Å². The summed E-state index contributed by atoms with van der Waals surface area (Å²) < 4.78 is 5.64. The van der Waals surface area contributed by atoms with Crippen LogP contribution in [0.1, 0.15) is 32.8 Å². The first-order valence-corrected chi connectivity index (χ1v) is 8.45. The first-order chi connectivity index (χ1) is 11.4. The van der Waals surface area contributed by atoms with Crippen molar-refractivity contribution >= 4 is 6.03 Å². The van der Waals surface area contributed by atoms with Crippen LogP contribution < -0.4 is 15.4 Å². The maximum absolute atomic E-state index is 11.8. The number of rotatable bonds is 6. The van der Waals surface area contributed by atoms with Crippen molar-refractivity contribution in [3.05, 3.63) is 42.0 Å². The second-order valence-corrected chi connectivity index (χ2v) is 7.19. The molecule has 5 nitrogen and oxygen atoms in total. The van der Waals surface area contributed by atoms with E-state index in [1.165, 1.54) is 5.56 Å². The highest BCUT2D eigenvalue weighted by Gasteiger charge is 2.19. The summed E-state index contributed by atoms with van der Waals surface area (Å²) in [5, 5.41) is 14.7. The molecule has 1 aromatic rings. The normalized spacial score (nSPS) is 20.0. The third-order valence-corrected chi connectivity index (χ3v) is 4.10. The molecule has 24 heavy (non-hydrogen) atoms. The van der Waals surface area contributed by atoms with Crippen molar-refractivity contribution in [3.63, 3.8) is 0 Å². The van der Waals surface area contributed by atoms with Crippen LogP contribution in [-0.4, -0.2) is 36.9 Å². The molecule has 2 rings (SSSR count). The Hall–Kier alpha value is -2.01. The number of urea groups is 1. The van der Waals surface area contributed by atoms with Crippen molar-refractivity contribution in [3.8, 4) is 5.75 Å². The fraction of sp³-hybridized carbons (Fsp3) is 0.526. The van der Waals surface area contributed by atoms with Crippen molar-refractivity contribution in [2.75, 3.05) is 19.8 Å². The van der Waals surface area contributed by atoms with Gasteiger partial charge in [0, 0.05) is 18.6 Å². The predicted octanol–water partition coefficient (Wildman–Crippen LogP) is 2.60. The molecule has 0 radical (unpaired) electrons. The molecule has 0 bridgehead atoms. The van der Waals surface area contributed by atoms with Crippen molar-refractivity contribution in [1.82, 2.24) is 10.6 Å². The molecule has 0 heterocycles. The Bertz CT molecular complexity index is 561. The van der Waals surface area contributed by atoms with Crippen LogP contribution in [-0.2, 0) is 5.41 Å². The lowest BCUT2D eigenvalue weighted by molar-refractivity contribution is 0.228. The number of aliphatic hydroxyl groups excluding tert-OH is 1. The first kappa shape index (κ1) is 18.3. The van der Waals surface area contributed by atoms with Gasteiger partial charge >= 0.3 is 6.03 Å². The number of aliphatic hydroxyl groups is 1. The largest absolute Gasteiger partial charge is 0.492 e. The zero-order valence-corrected chi connectivity index (χ0v) is 14.7. The minimum absolute atomic E-state index is 0.00647. The minimum Gasteiger partial charge on any atom is -0.492 e. The molecule has 5 heteroatoms. The molecule has 132 valence electrons. The van der Waals surface area contributed by atoms with E-state index < -0.39 is 0 Å². The first-order valence-electron chi connectivity index (χ1n) is 8.45. The van der Waals surface area contributed by atoms with E-state index in [1.807, 2.05) is 24.3 Å². The fourth-order valence-electron chi connectivity index (χ4n) is 2.62. The molecule has 2 atom stereocenters. The molecule has 0 unspecified atom stereocenters. The average Bonchev–Trinajstić information content (AvgIpc) is 2.99. The van der Waals surface area contributed by atoms with Gasteiger partial charge in [0.2, 0.25) is 0 Å². The highest BCUT2D eigenvalue weighted by molar-refractivity contribution is 5.74. The summed E-state index contributed by atoms with van der Waals surface area (Å²) in [5.74, 6) is 0.949. The maximum Gasteiger partial charge on any atom is 0.315 e. The van der Waals surface area contributed by atoms with Gasteiger partial charge in [-0.15, -0.1) is 0 Å². The lowest BCUT2D eigenvalue weighted by atomic mass is 9.87. The maximum atomic E-state index is 11.8. The van der Waals surface area contributed by atoms with Gasteiger partial charge in [-0.05, 0) is 29.5 Å². The Morgan fingerprint density at radius 2 is 1.96 bits per heavy atom. The Kier molecular flexibility index (Phi) is 6.26. The van der Waals surface area contributed by atoms with Crippen molar-refractivity contribution in [2.24, 2.45) is 5.92 Å². The lowest BCUT2D eigenvalue weighted by Gasteiger charge is -2.19. The van der Waals surface area contributed by atoms with Crippen LogP contribution in [0.25, 0.3) is 0 Å². The molecule has 0 aliphatic heterocycles. The van der Waals surface area contributed by atoms with Crippen molar-refractivity contribution in [1.29, 1.82) is 0 Å². The Morgan fingerprint density at radius 1 is 1.25 bits per heavy atom. The number of hydrogen-bond donors (Lipinski definition) is 3. The van der Waals surface area contributed by atoms with Crippen molar-refractivity contribution in [2.45, 2.75) is 38.6 Å². The number of carbonyl (C=O) groups excluding carboxylic acids is 1. The molecule has 1 aliphatic carbocycles. The van der Waals surface area contributed by atoms with E-state index in [2.05, 4.69) is 43.5 Å². The topological polar surface area (TPSA) is 70.6 Å².